The van der Waals surface area contributed by atoms with Gasteiger partial charge in [0.2, 0.25) is 0 Å². The SMILES string of the molecule is Cc1c(OCc2ccc(F)cc2)cc(C)n(-c2cc(-c3ccnc(C(C)(C)C)n3)ncc2Cl)c1=O. The van der Waals surface area contributed by atoms with Crippen LogP contribution in [0.2, 0.25) is 5.02 Å². The molecule has 3 heterocycles. The molecular formula is C27H26ClFN4O2. The molecule has 0 fully saturated rings. The number of benzene rings is 1. The van der Waals surface area contributed by atoms with E-state index in [1.165, 1.54) is 18.3 Å². The largest absolute Gasteiger partial charge is 0.488 e. The third-order valence-electron chi connectivity index (χ3n) is 5.56. The highest BCUT2D eigenvalue weighted by molar-refractivity contribution is 6.32. The summed E-state index contributed by atoms with van der Waals surface area (Å²) in [5, 5.41) is 0.337. The predicted molar refractivity (Wildman–Crippen MR) is 135 cm³/mol. The van der Waals surface area contributed by atoms with Gasteiger partial charge in [-0.3, -0.25) is 14.3 Å². The van der Waals surface area contributed by atoms with E-state index in [9.17, 15) is 9.18 Å². The first kappa shape index (κ1) is 24.5. The quantitative estimate of drug-likeness (QED) is 0.343. The molecule has 3 aromatic heterocycles. The summed E-state index contributed by atoms with van der Waals surface area (Å²) < 4.78 is 20.6. The van der Waals surface area contributed by atoms with Gasteiger partial charge in [0.1, 0.15) is 24.0 Å². The Balaban J connectivity index is 1.72. The van der Waals surface area contributed by atoms with Crippen molar-refractivity contribution in [3.63, 3.8) is 0 Å². The number of aryl methyl sites for hydroxylation is 1. The highest BCUT2D eigenvalue weighted by atomic mass is 35.5. The van der Waals surface area contributed by atoms with Gasteiger partial charge in [-0.15, -0.1) is 0 Å². The molecule has 0 spiro atoms. The second kappa shape index (κ2) is 9.58. The maximum absolute atomic E-state index is 13.4. The molecule has 0 atom stereocenters. The number of hydrogen-bond donors (Lipinski definition) is 0. The standard InChI is InChI=1S/C27H26ClFN4O2/c1-16-12-24(35-15-18-6-8-19(29)9-7-18)17(2)25(34)33(16)23-13-22(31-14-20(23)28)21-10-11-30-26(32-21)27(3,4)5/h6-14H,15H2,1-5H3. The van der Waals surface area contributed by atoms with Crippen LogP contribution in [0.15, 0.2) is 59.7 Å². The Kier molecular flexibility index (Phi) is 6.72. The van der Waals surface area contributed by atoms with Gasteiger partial charge in [0, 0.05) is 29.6 Å². The third kappa shape index (κ3) is 5.25. The van der Waals surface area contributed by atoms with Gasteiger partial charge in [0.25, 0.3) is 5.56 Å². The number of aromatic nitrogens is 4. The minimum absolute atomic E-state index is 0.216. The normalized spacial score (nSPS) is 11.5. The van der Waals surface area contributed by atoms with E-state index < -0.39 is 0 Å². The molecule has 0 saturated heterocycles. The van der Waals surface area contributed by atoms with Gasteiger partial charge in [0.05, 0.1) is 27.7 Å². The Morgan fingerprint density at radius 1 is 1.03 bits per heavy atom. The summed E-state index contributed by atoms with van der Waals surface area (Å²) in [6.45, 7) is 9.85. The van der Waals surface area contributed by atoms with Gasteiger partial charge in [-0.1, -0.05) is 44.5 Å². The zero-order chi connectivity index (χ0) is 25.3. The number of halogens is 2. The van der Waals surface area contributed by atoms with Crippen molar-refractivity contribution in [2.45, 2.75) is 46.6 Å². The lowest BCUT2D eigenvalue weighted by Gasteiger charge is -2.18. The Morgan fingerprint density at radius 3 is 2.43 bits per heavy atom. The van der Waals surface area contributed by atoms with E-state index >= 15 is 0 Å². The van der Waals surface area contributed by atoms with Gasteiger partial charge >= 0.3 is 0 Å². The monoisotopic (exact) mass is 492 g/mol. The van der Waals surface area contributed by atoms with Gasteiger partial charge in [0.15, 0.2) is 0 Å². The van der Waals surface area contributed by atoms with Crippen molar-refractivity contribution in [2.75, 3.05) is 0 Å². The second-order valence-electron chi connectivity index (χ2n) is 9.37. The van der Waals surface area contributed by atoms with Crippen LogP contribution in [0, 0.1) is 19.7 Å². The fraction of sp³-hybridized carbons (Fsp3) is 0.259. The molecule has 0 aliphatic carbocycles. The minimum Gasteiger partial charge on any atom is -0.488 e. The fourth-order valence-electron chi connectivity index (χ4n) is 3.59. The van der Waals surface area contributed by atoms with E-state index in [0.717, 1.165) is 5.56 Å². The molecule has 0 bridgehead atoms. The van der Waals surface area contributed by atoms with Gasteiger partial charge in [-0.2, -0.15) is 0 Å². The first-order chi connectivity index (χ1) is 16.5. The van der Waals surface area contributed by atoms with Crippen molar-refractivity contribution in [3.05, 3.63) is 98.7 Å². The van der Waals surface area contributed by atoms with Crippen LogP contribution in [-0.2, 0) is 12.0 Å². The number of pyridine rings is 2. The summed E-state index contributed by atoms with van der Waals surface area (Å²) >= 11 is 6.50. The van der Waals surface area contributed by atoms with Crippen LogP contribution >= 0.6 is 11.6 Å². The van der Waals surface area contributed by atoms with Crippen molar-refractivity contribution < 1.29 is 9.13 Å². The lowest BCUT2D eigenvalue weighted by Crippen LogP contribution is -2.24. The smallest absolute Gasteiger partial charge is 0.261 e. The van der Waals surface area contributed by atoms with E-state index in [2.05, 4.69) is 15.0 Å². The molecule has 0 unspecified atom stereocenters. The molecule has 4 aromatic rings. The number of ether oxygens (including phenoxy) is 1. The molecule has 0 radical (unpaired) electrons. The molecule has 0 saturated carbocycles. The van der Waals surface area contributed by atoms with E-state index in [1.807, 2.05) is 27.7 Å². The lowest BCUT2D eigenvalue weighted by atomic mass is 9.95. The third-order valence-corrected chi connectivity index (χ3v) is 5.85. The van der Waals surface area contributed by atoms with E-state index in [0.29, 0.717) is 44.9 Å². The molecule has 8 heteroatoms. The maximum atomic E-state index is 13.4. The number of rotatable bonds is 5. The summed E-state index contributed by atoms with van der Waals surface area (Å²) in [7, 11) is 0. The number of nitrogens with zero attached hydrogens (tertiary/aromatic N) is 4. The Morgan fingerprint density at radius 2 is 1.74 bits per heavy atom. The van der Waals surface area contributed by atoms with Crippen LogP contribution in [0.3, 0.4) is 0 Å². The van der Waals surface area contributed by atoms with Crippen LogP contribution in [0.5, 0.6) is 5.75 Å². The van der Waals surface area contributed by atoms with Crippen LogP contribution in [0.1, 0.15) is 43.4 Å². The van der Waals surface area contributed by atoms with Crippen LogP contribution in [0.25, 0.3) is 17.1 Å². The van der Waals surface area contributed by atoms with Crippen molar-refractivity contribution in [1.29, 1.82) is 0 Å². The van der Waals surface area contributed by atoms with Crippen LogP contribution < -0.4 is 10.3 Å². The molecule has 0 aliphatic rings. The van der Waals surface area contributed by atoms with E-state index in [4.69, 9.17) is 16.3 Å². The zero-order valence-electron chi connectivity index (χ0n) is 20.3. The Bertz CT molecular complexity index is 1440. The van der Waals surface area contributed by atoms with Crippen LogP contribution in [-0.4, -0.2) is 19.5 Å². The Hall–Kier alpha value is -3.58. The summed E-state index contributed by atoms with van der Waals surface area (Å²) in [5.74, 6) is 0.845. The summed E-state index contributed by atoms with van der Waals surface area (Å²) in [6, 6.07) is 11.4. The molecule has 180 valence electrons. The molecule has 0 aliphatic heterocycles. The molecule has 4 rings (SSSR count). The van der Waals surface area contributed by atoms with Gasteiger partial charge < -0.3 is 4.74 Å². The molecule has 0 N–H and O–H groups in total. The number of hydrogen-bond acceptors (Lipinski definition) is 5. The van der Waals surface area contributed by atoms with Crippen LogP contribution in [0.4, 0.5) is 4.39 Å². The minimum atomic E-state index is -0.312. The summed E-state index contributed by atoms with van der Waals surface area (Å²) in [6.07, 6.45) is 3.22. The molecule has 1 aromatic carbocycles. The fourth-order valence-corrected chi connectivity index (χ4v) is 3.78. The predicted octanol–water partition coefficient (Wildman–Crippen LogP) is 5.98. The first-order valence-corrected chi connectivity index (χ1v) is 11.5. The topological polar surface area (TPSA) is 69.9 Å². The Labute approximate surface area is 208 Å². The second-order valence-corrected chi connectivity index (χ2v) is 9.77. The average molecular weight is 493 g/mol. The maximum Gasteiger partial charge on any atom is 0.261 e. The highest BCUT2D eigenvalue weighted by Crippen LogP contribution is 2.28. The van der Waals surface area contributed by atoms with Crippen molar-refractivity contribution in [1.82, 2.24) is 19.5 Å². The first-order valence-electron chi connectivity index (χ1n) is 11.1. The molecule has 0 amide bonds. The zero-order valence-corrected chi connectivity index (χ0v) is 21.0. The average Bonchev–Trinajstić information content (AvgIpc) is 2.82. The molecule has 6 nitrogen and oxygen atoms in total. The molecular weight excluding hydrogens is 467 g/mol. The molecule has 35 heavy (non-hydrogen) atoms. The lowest BCUT2D eigenvalue weighted by molar-refractivity contribution is 0.302. The van der Waals surface area contributed by atoms with Gasteiger partial charge in [-0.25, -0.2) is 14.4 Å². The van der Waals surface area contributed by atoms with Crippen molar-refractivity contribution in [3.8, 4) is 22.8 Å². The van der Waals surface area contributed by atoms with E-state index in [-0.39, 0.29) is 23.4 Å². The van der Waals surface area contributed by atoms with Gasteiger partial charge in [-0.05, 0) is 43.7 Å². The highest BCUT2D eigenvalue weighted by Gasteiger charge is 2.19. The summed E-state index contributed by atoms with van der Waals surface area (Å²) in [4.78, 5) is 26.9. The van der Waals surface area contributed by atoms with Crippen molar-refractivity contribution in [2.24, 2.45) is 0 Å². The summed E-state index contributed by atoms with van der Waals surface area (Å²) in [5.41, 5.74) is 3.13. The van der Waals surface area contributed by atoms with E-state index in [1.54, 1.807) is 48.0 Å². The van der Waals surface area contributed by atoms with Crippen molar-refractivity contribution >= 4 is 11.6 Å².